The standard InChI is InChI=1S/C10H11ClO3.C8H15NO/c1-2-9(10(12)13)14-8-5-3-7(11)4-6-8;1-9-6-2-3-7(9)5-8(10)4-6/h3-6,9H,2H2,1H3,(H,12,13);6-8,10H,2-5H2,1H3/t;6-,7+,8+. The Bertz CT molecular complexity index is 522. The highest BCUT2D eigenvalue weighted by Gasteiger charge is 2.37. The molecule has 0 amide bonds. The van der Waals surface area contributed by atoms with E-state index in [0.717, 1.165) is 12.8 Å². The second-order valence-corrected chi connectivity index (χ2v) is 6.92. The number of hydrogen-bond donors (Lipinski definition) is 2. The van der Waals surface area contributed by atoms with Gasteiger partial charge in [0.1, 0.15) is 5.75 Å². The van der Waals surface area contributed by atoms with Crippen LogP contribution in [0, 0.1) is 0 Å². The van der Waals surface area contributed by atoms with Crippen molar-refractivity contribution in [2.75, 3.05) is 7.05 Å². The zero-order chi connectivity index (χ0) is 17.7. The first-order valence-electron chi connectivity index (χ1n) is 8.45. The predicted octanol–water partition coefficient (Wildman–Crippen LogP) is 3.19. The summed E-state index contributed by atoms with van der Waals surface area (Å²) in [5, 5.41) is 18.7. The molecule has 24 heavy (non-hydrogen) atoms. The fraction of sp³-hybridized carbons (Fsp3) is 0.611. The molecule has 2 aliphatic rings. The SMILES string of the molecule is CCC(Oc1ccc(Cl)cc1)C(=O)O.CN1[C@@H]2CC[C@H]1C[C@@H](O)C2. The molecule has 2 saturated heterocycles. The minimum absolute atomic E-state index is 0.00583. The second kappa shape index (κ2) is 8.70. The van der Waals surface area contributed by atoms with Crippen LogP contribution in [0.15, 0.2) is 24.3 Å². The Hall–Kier alpha value is -1.30. The van der Waals surface area contributed by atoms with Gasteiger partial charge in [0.2, 0.25) is 0 Å². The maximum Gasteiger partial charge on any atom is 0.344 e. The first-order chi connectivity index (χ1) is 11.4. The molecular formula is C18H26ClNO4. The lowest BCUT2D eigenvalue weighted by atomic mass is 10.0. The highest BCUT2D eigenvalue weighted by molar-refractivity contribution is 6.30. The summed E-state index contributed by atoms with van der Waals surface area (Å²) in [4.78, 5) is 13.1. The van der Waals surface area contributed by atoms with Gasteiger partial charge in [-0.1, -0.05) is 18.5 Å². The van der Waals surface area contributed by atoms with Gasteiger partial charge in [-0.25, -0.2) is 4.79 Å². The van der Waals surface area contributed by atoms with Crippen LogP contribution in [0.4, 0.5) is 0 Å². The summed E-state index contributed by atoms with van der Waals surface area (Å²) in [6.07, 6.45) is 4.25. The molecule has 2 bridgehead atoms. The van der Waals surface area contributed by atoms with E-state index in [4.69, 9.17) is 21.4 Å². The maximum atomic E-state index is 10.7. The van der Waals surface area contributed by atoms with Crippen LogP contribution in [0.25, 0.3) is 0 Å². The van der Waals surface area contributed by atoms with Crippen LogP contribution >= 0.6 is 11.6 Å². The number of fused-ring (bicyclic) bond motifs is 2. The number of ether oxygens (including phenoxy) is 1. The summed E-state index contributed by atoms with van der Waals surface area (Å²) in [7, 11) is 2.19. The summed E-state index contributed by atoms with van der Waals surface area (Å²) < 4.78 is 5.22. The van der Waals surface area contributed by atoms with E-state index >= 15 is 0 Å². The van der Waals surface area contributed by atoms with Crippen molar-refractivity contribution >= 4 is 17.6 Å². The zero-order valence-electron chi connectivity index (χ0n) is 14.2. The van der Waals surface area contributed by atoms with Crippen LogP contribution in [0.1, 0.15) is 39.0 Å². The molecule has 0 aromatic heterocycles. The molecule has 0 radical (unpaired) electrons. The lowest BCUT2D eigenvalue weighted by Crippen LogP contribution is -2.41. The van der Waals surface area contributed by atoms with Gasteiger partial charge in [-0.05, 0) is 63.4 Å². The zero-order valence-corrected chi connectivity index (χ0v) is 14.9. The molecular weight excluding hydrogens is 330 g/mol. The highest BCUT2D eigenvalue weighted by Crippen LogP contribution is 2.33. The second-order valence-electron chi connectivity index (χ2n) is 6.48. The van der Waals surface area contributed by atoms with Crippen molar-refractivity contribution in [2.24, 2.45) is 0 Å². The molecule has 4 atom stereocenters. The monoisotopic (exact) mass is 355 g/mol. The Kier molecular flexibility index (Phi) is 6.90. The van der Waals surface area contributed by atoms with Gasteiger partial charge < -0.3 is 19.8 Å². The minimum Gasteiger partial charge on any atom is -0.479 e. The average molecular weight is 356 g/mol. The molecule has 6 heteroatoms. The largest absolute Gasteiger partial charge is 0.479 e. The lowest BCUT2D eigenvalue weighted by Gasteiger charge is -2.33. The molecule has 2 aliphatic heterocycles. The van der Waals surface area contributed by atoms with Crippen molar-refractivity contribution in [1.82, 2.24) is 4.90 Å². The fourth-order valence-electron chi connectivity index (χ4n) is 3.37. The Labute approximate surface area is 148 Å². The summed E-state index contributed by atoms with van der Waals surface area (Å²) in [6.45, 7) is 1.76. The van der Waals surface area contributed by atoms with Gasteiger partial charge in [-0.3, -0.25) is 0 Å². The van der Waals surface area contributed by atoms with Crippen molar-refractivity contribution < 1.29 is 19.7 Å². The van der Waals surface area contributed by atoms with E-state index in [-0.39, 0.29) is 6.10 Å². The fourth-order valence-corrected chi connectivity index (χ4v) is 3.49. The van der Waals surface area contributed by atoms with Crippen molar-refractivity contribution in [3.8, 4) is 5.75 Å². The molecule has 134 valence electrons. The number of nitrogens with zero attached hydrogens (tertiary/aromatic N) is 1. The minimum atomic E-state index is -0.956. The molecule has 3 rings (SSSR count). The topological polar surface area (TPSA) is 70.0 Å². The van der Waals surface area contributed by atoms with Gasteiger partial charge in [0.15, 0.2) is 6.10 Å². The van der Waals surface area contributed by atoms with Crippen molar-refractivity contribution in [3.05, 3.63) is 29.3 Å². The van der Waals surface area contributed by atoms with E-state index < -0.39 is 12.1 Å². The molecule has 0 spiro atoms. The number of piperidine rings is 1. The first kappa shape index (κ1) is 19.0. The van der Waals surface area contributed by atoms with Crippen LogP contribution in [-0.2, 0) is 4.79 Å². The van der Waals surface area contributed by atoms with E-state index in [1.54, 1.807) is 31.2 Å². The number of aliphatic hydroxyl groups is 1. The number of aliphatic hydroxyl groups excluding tert-OH is 1. The van der Waals surface area contributed by atoms with Crippen LogP contribution < -0.4 is 4.74 Å². The van der Waals surface area contributed by atoms with Crippen molar-refractivity contribution in [1.29, 1.82) is 0 Å². The smallest absolute Gasteiger partial charge is 0.344 e. The Balaban J connectivity index is 0.000000182. The van der Waals surface area contributed by atoms with E-state index in [1.165, 1.54) is 12.8 Å². The molecule has 2 N–H and O–H groups in total. The first-order valence-corrected chi connectivity index (χ1v) is 8.83. The van der Waals surface area contributed by atoms with E-state index in [9.17, 15) is 9.90 Å². The van der Waals surface area contributed by atoms with Crippen LogP contribution in [0.2, 0.25) is 5.02 Å². The van der Waals surface area contributed by atoms with Crippen LogP contribution in [0.5, 0.6) is 5.75 Å². The third-order valence-corrected chi connectivity index (χ3v) is 5.06. The van der Waals surface area contributed by atoms with E-state index in [2.05, 4.69) is 11.9 Å². The maximum absolute atomic E-state index is 10.7. The Morgan fingerprint density at radius 1 is 1.29 bits per heavy atom. The van der Waals surface area contributed by atoms with Gasteiger partial charge in [-0.15, -0.1) is 0 Å². The predicted molar refractivity (Wildman–Crippen MR) is 93.6 cm³/mol. The molecule has 0 saturated carbocycles. The number of carboxylic acids is 1. The molecule has 5 nitrogen and oxygen atoms in total. The number of hydrogen-bond acceptors (Lipinski definition) is 4. The summed E-state index contributed by atoms with van der Waals surface area (Å²) in [5.41, 5.74) is 0. The molecule has 0 aliphatic carbocycles. The van der Waals surface area contributed by atoms with Gasteiger partial charge in [0.05, 0.1) is 6.10 Å². The van der Waals surface area contributed by atoms with Gasteiger partial charge in [-0.2, -0.15) is 0 Å². The normalized spacial score (nSPS) is 27.1. The Morgan fingerprint density at radius 3 is 2.29 bits per heavy atom. The summed E-state index contributed by atoms with van der Waals surface area (Å²) in [5.74, 6) is -0.439. The van der Waals surface area contributed by atoms with E-state index in [0.29, 0.717) is 29.3 Å². The van der Waals surface area contributed by atoms with E-state index in [1.807, 2.05) is 0 Å². The third kappa shape index (κ3) is 5.10. The van der Waals surface area contributed by atoms with Gasteiger partial charge >= 0.3 is 5.97 Å². The molecule has 1 aromatic carbocycles. The molecule has 2 heterocycles. The molecule has 2 fully saturated rings. The number of carbonyl (C=O) groups is 1. The quantitative estimate of drug-likeness (QED) is 0.868. The number of benzene rings is 1. The highest BCUT2D eigenvalue weighted by atomic mass is 35.5. The van der Waals surface area contributed by atoms with Gasteiger partial charge in [0, 0.05) is 17.1 Å². The molecule has 1 aromatic rings. The van der Waals surface area contributed by atoms with Crippen LogP contribution in [0.3, 0.4) is 0 Å². The number of carboxylic acid groups (broad SMARTS) is 1. The Morgan fingerprint density at radius 2 is 1.83 bits per heavy atom. The number of rotatable bonds is 4. The third-order valence-electron chi connectivity index (χ3n) is 4.81. The number of aliphatic carboxylic acids is 1. The van der Waals surface area contributed by atoms with Gasteiger partial charge in [0.25, 0.3) is 0 Å². The van der Waals surface area contributed by atoms with Crippen molar-refractivity contribution in [3.63, 3.8) is 0 Å². The molecule has 1 unspecified atom stereocenters. The number of halogens is 1. The van der Waals surface area contributed by atoms with Crippen LogP contribution in [-0.4, -0.2) is 52.4 Å². The summed E-state index contributed by atoms with van der Waals surface area (Å²) in [6, 6.07) is 7.99. The summed E-state index contributed by atoms with van der Waals surface area (Å²) >= 11 is 5.67. The lowest BCUT2D eigenvalue weighted by molar-refractivity contribution is -0.145. The van der Waals surface area contributed by atoms with Crippen molar-refractivity contribution in [2.45, 2.75) is 63.3 Å². The average Bonchev–Trinajstić information content (AvgIpc) is 2.76.